The van der Waals surface area contributed by atoms with Gasteiger partial charge in [-0.1, -0.05) is 11.8 Å². The highest BCUT2D eigenvalue weighted by Crippen LogP contribution is 2.35. The van der Waals surface area contributed by atoms with E-state index in [1.165, 1.54) is 36.1 Å². The molecule has 1 N–H and O–H groups in total. The third kappa shape index (κ3) is 2.72. The van der Waals surface area contributed by atoms with Crippen LogP contribution in [-0.4, -0.2) is 40.3 Å². The van der Waals surface area contributed by atoms with Crippen LogP contribution in [0.15, 0.2) is 9.95 Å². The molecule has 0 saturated carbocycles. The number of H-pyrrole nitrogens is 1. The van der Waals surface area contributed by atoms with Crippen molar-refractivity contribution >= 4 is 33.3 Å². The van der Waals surface area contributed by atoms with E-state index in [0.29, 0.717) is 5.25 Å². The van der Waals surface area contributed by atoms with Crippen LogP contribution < -0.4 is 5.56 Å². The Kier molecular flexibility index (Phi) is 4.00. The number of likely N-dealkylation sites (tertiary alicyclic amines) is 1. The van der Waals surface area contributed by atoms with Gasteiger partial charge in [0, 0.05) is 10.1 Å². The van der Waals surface area contributed by atoms with Crippen molar-refractivity contribution in [1.82, 2.24) is 14.9 Å². The number of piperidine rings is 1. The average molecular weight is 335 g/mol. The zero-order valence-electron chi connectivity index (χ0n) is 12.9. The van der Waals surface area contributed by atoms with Gasteiger partial charge in [-0.25, -0.2) is 4.98 Å². The molecule has 1 aliphatic heterocycles. The quantitative estimate of drug-likeness (QED) is 0.857. The molecule has 4 nitrogen and oxygen atoms in total. The van der Waals surface area contributed by atoms with Crippen molar-refractivity contribution in [2.45, 2.75) is 48.9 Å². The second kappa shape index (κ2) is 5.98. The van der Waals surface area contributed by atoms with Crippen LogP contribution in [0.3, 0.4) is 0 Å². The topological polar surface area (TPSA) is 49.0 Å². The standard InChI is InChI=1S/C16H21N3OS2/c1-19-8-6-10(7-9-19)21-16-17-14(20)13-11-4-2-3-5-12(11)22-15(13)18-16/h10H,2-9H2,1H3,(H,17,18,20). The first-order valence-electron chi connectivity index (χ1n) is 8.10. The third-order valence-corrected chi connectivity index (χ3v) is 7.15. The van der Waals surface area contributed by atoms with E-state index in [-0.39, 0.29) is 5.56 Å². The molecule has 3 heterocycles. The van der Waals surface area contributed by atoms with Crippen molar-refractivity contribution in [3.05, 3.63) is 20.8 Å². The molecule has 1 aliphatic carbocycles. The number of rotatable bonds is 2. The molecule has 6 heteroatoms. The second-order valence-corrected chi connectivity index (χ2v) is 8.76. The smallest absolute Gasteiger partial charge is 0.260 e. The van der Waals surface area contributed by atoms with Gasteiger partial charge in [-0.05, 0) is 64.2 Å². The van der Waals surface area contributed by atoms with Gasteiger partial charge < -0.3 is 9.88 Å². The van der Waals surface area contributed by atoms with Gasteiger partial charge in [-0.2, -0.15) is 0 Å². The summed E-state index contributed by atoms with van der Waals surface area (Å²) < 4.78 is 0. The number of hydrogen-bond donors (Lipinski definition) is 1. The van der Waals surface area contributed by atoms with Crippen molar-refractivity contribution in [2.24, 2.45) is 0 Å². The highest BCUT2D eigenvalue weighted by molar-refractivity contribution is 7.99. The summed E-state index contributed by atoms with van der Waals surface area (Å²) in [5, 5.41) is 2.25. The molecule has 1 saturated heterocycles. The van der Waals surface area contributed by atoms with E-state index in [0.717, 1.165) is 41.3 Å². The van der Waals surface area contributed by atoms with Gasteiger partial charge in [0.15, 0.2) is 5.16 Å². The third-order valence-electron chi connectivity index (χ3n) is 4.75. The first-order valence-corrected chi connectivity index (χ1v) is 9.80. The zero-order valence-corrected chi connectivity index (χ0v) is 14.5. The summed E-state index contributed by atoms with van der Waals surface area (Å²) >= 11 is 3.49. The van der Waals surface area contributed by atoms with Gasteiger partial charge in [0.25, 0.3) is 5.56 Å². The molecule has 0 atom stereocenters. The SMILES string of the molecule is CN1CCC(Sc2nc3sc4c(c3c(=O)[nH]2)CCCC4)CC1. The molecule has 0 unspecified atom stereocenters. The highest BCUT2D eigenvalue weighted by Gasteiger charge is 2.22. The lowest BCUT2D eigenvalue weighted by atomic mass is 9.97. The lowest BCUT2D eigenvalue weighted by Crippen LogP contribution is -2.31. The predicted octanol–water partition coefficient (Wildman–Crippen LogP) is 3.05. The van der Waals surface area contributed by atoms with Crippen LogP contribution in [0.25, 0.3) is 10.2 Å². The number of thioether (sulfide) groups is 1. The molecule has 4 rings (SSSR count). The van der Waals surface area contributed by atoms with Crippen LogP contribution in [0.2, 0.25) is 0 Å². The fourth-order valence-corrected chi connectivity index (χ4v) is 5.84. The Morgan fingerprint density at radius 1 is 1.27 bits per heavy atom. The number of aromatic amines is 1. The minimum absolute atomic E-state index is 0.0693. The fourth-order valence-electron chi connectivity index (χ4n) is 3.46. The zero-order chi connectivity index (χ0) is 15.1. The Balaban J connectivity index is 1.64. The van der Waals surface area contributed by atoms with E-state index in [9.17, 15) is 4.79 Å². The number of hydrogen-bond acceptors (Lipinski definition) is 5. The Bertz CT molecular complexity index is 744. The molecular weight excluding hydrogens is 314 g/mol. The van der Waals surface area contributed by atoms with Gasteiger partial charge in [0.1, 0.15) is 4.83 Å². The van der Waals surface area contributed by atoms with Gasteiger partial charge >= 0.3 is 0 Å². The molecule has 0 amide bonds. The molecule has 0 radical (unpaired) electrons. The summed E-state index contributed by atoms with van der Waals surface area (Å²) in [5.41, 5.74) is 1.34. The summed E-state index contributed by atoms with van der Waals surface area (Å²) in [7, 11) is 2.17. The van der Waals surface area contributed by atoms with E-state index in [4.69, 9.17) is 4.98 Å². The number of nitrogens with zero attached hydrogens (tertiary/aromatic N) is 2. The maximum atomic E-state index is 12.5. The number of aromatic nitrogens is 2. The van der Waals surface area contributed by atoms with Crippen LogP contribution in [0, 0.1) is 0 Å². The van der Waals surface area contributed by atoms with Gasteiger partial charge in [-0.3, -0.25) is 4.79 Å². The Morgan fingerprint density at radius 2 is 2.05 bits per heavy atom. The van der Waals surface area contributed by atoms with Crippen molar-refractivity contribution in [3.8, 4) is 0 Å². The van der Waals surface area contributed by atoms with Crippen LogP contribution in [0.4, 0.5) is 0 Å². The molecule has 0 spiro atoms. The molecule has 118 valence electrons. The number of thiophene rings is 1. The largest absolute Gasteiger partial charge is 0.306 e. The normalized spacial score (nSPS) is 20.4. The summed E-state index contributed by atoms with van der Waals surface area (Å²) in [6.45, 7) is 2.27. The summed E-state index contributed by atoms with van der Waals surface area (Å²) in [4.78, 5) is 25.0. The monoisotopic (exact) mass is 335 g/mol. The van der Waals surface area contributed by atoms with E-state index in [2.05, 4.69) is 16.9 Å². The second-order valence-electron chi connectivity index (χ2n) is 6.38. The van der Waals surface area contributed by atoms with Crippen molar-refractivity contribution in [1.29, 1.82) is 0 Å². The lowest BCUT2D eigenvalue weighted by molar-refractivity contribution is 0.282. The average Bonchev–Trinajstić information content (AvgIpc) is 2.88. The maximum absolute atomic E-state index is 12.5. The Hall–Kier alpha value is -0.850. The molecule has 2 aliphatic rings. The van der Waals surface area contributed by atoms with Gasteiger partial charge in [0.2, 0.25) is 0 Å². The summed E-state index contributed by atoms with van der Waals surface area (Å²) in [6, 6.07) is 0. The van der Waals surface area contributed by atoms with Gasteiger partial charge in [0.05, 0.1) is 5.39 Å². The Labute approximate surface area is 138 Å². The first-order chi connectivity index (χ1) is 10.7. The molecule has 22 heavy (non-hydrogen) atoms. The molecule has 0 aromatic carbocycles. The lowest BCUT2D eigenvalue weighted by Gasteiger charge is -2.27. The predicted molar refractivity (Wildman–Crippen MR) is 93.3 cm³/mol. The molecular formula is C16H21N3OS2. The first kappa shape index (κ1) is 14.7. The molecule has 0 bridgehead atoms. The van der Waals surface area contributed by atoms with E-state index in [1.807, 2.05) is 0 Å². The van der Waals surface area contributed by atoms with Crippen LogP contribution in [0.1, 0.15) is 36.1 Å². The van der Waals surface area contributed by atoms with E-state index < -0.39 is 0 Å². The fraction of sp³-hybridized carbons (Fsp3) is 0.625. The minimum Gasteiger partial charge on any atom is -0.306 e. The van der Waals surface area contributed by atoms with Gasteiger partial charge in [-0.15, -0.1) is 11.3 Å². The number of nitrogens with one attached hydrogen (secondary N) is 1. The van der Waals surface area contributed by atoms with Crippen LogP contribution >= 0.6 is 23.1 Å². The van der Waals surface area contributed by atoms with Crippen LogP contribution in [0.5, 0.6) is 0 Å². The Morgan fingerprint density at radius 3 is 2.86 bits per heavy atom. The molecule has 2 aromatic rings. The number of aryl methyl sites for hydroxylation is 2. The van der Waals surface area contributed by atoms with Crippen LogP contribution in [-0.2, 0) is 12.8 Å². The van der Waals surface area contributed by atoms with E-state index >= 15 is 0 Å². The number of fused-ring (bicyclic) bond motifs is 3. The van der Waals surface area contributed by atoms with E-state index in [1.54, 1.807) is 23.1 Å². The van der Waals surface area contributed by atoms with Crippen molar-refractivity contribution in [2.75, 3.05) is 20.1 Å². The molecule has 2 aromatic heterocycles. The minimum atomic E-state index is 0.0693. The highest BCUT2D eigenvalue weighted by atomic mass is 32.2. The van der Waals surface area contributed by atoms with Crippen molar-refractivity contribution < 1.29 is 0 Å². The van der Waals surface area contributed by atoms with Crippen molar-refractivity contribution in [3.63, 3.8) is 0 Å². The molecule has 1 fully saturated rings. The maximum Gasteiger partial charge on any atom is 0.260 e. The summed E-state index contributed by atoms with van der Waals surface area (Å²) in [5.74, 6) is 0. The summed E-state index contributed by atoms with van der Waals surface area (Å²) in [6.07, 6.45) is 6.95.